The molecule has 3 aromatic carbocycles. The highest BCUT2D eigenvalue weighted by Gasteiger charge is 2.21. The first kappa shape index (κ1) is 18.2. The van der Waals surface area contributed by atoms with Gasteiger partial charge in [-0.2, -0.15) is 0 Å². The Balaban J connectivity index is 1.52. The number of hydrogen-bond donors (Lipinski definition) is 1. The topological polar surface area (TPSA) is 58.6 Å². The first-order valence-corrected chi connectivity index (χ1v) is 9.45. The quantitative estimate of drug-likeness (QED) is 0.760. The van der Waals surface area contributed by atoms with Crippen molar-refractivity contribution in [3.63, 3.8) is 0 Å². The number of morpholine rings is 1. The van der Waals surface area contributed by atoms with Crippen LogP contribution in [0.4, 0.5) is 5.69 Å². The molecule has 0 saturated carbocycles. The van der Waals surface area contributed by atoms with Gasteiger partial charge in [-0.25, -0.2) is 0 Å². The van der Waals surface area contributed by atoms with Gasteiger partial charge in [0.25, 0.3) is 5.91 Å². The van der Waals surface area contributed by atoms with Gasteiger partial charge < -0.3 is 15.0 Å². The summed E-state index contributed by atoms with van der Waals surface area (Å²) in [7, 11) is 0. The zero-order valence-corrected chi connectivity index (χ0v) is 15.6. The maximum atomic E-state index is 12.9. The molecule has 1 N–H and O–H groups in total. The molecule has 1 fully saturated rings. The van der Waals surface area contributed by atoms with E-state index < -0.39 is 0 Å². The average molecular weight is 374 g/mol. The van der Waals surface area contributed by atoms with Crippen molar-refractivity contribution in [3.8, 4) is 0 Å². The second-order valence-corrected chi connectivity index (χ2v) is 6.81. The van der Waals surface area contributed by atoms with Crippen molar-refractivity contribution in [2.24, 2.45) is 0 Å². The molecule has 0 bridgehead atoms. The highest BCUT2D eigenvalue weighted by molar-refractivity contribution is 6.04. The van der Waals surface area contributed by atoms with E-state index in [-0.39, 0.29) is 18.2 Å². The van der Waals surface area contributed by atoms with E-state index in [0.29, 0.717) is 37.6 Å². The summed E-state index contributed by atoms with van der Waals surface area (Å²) in [4.78, 5) is 27.3. The fraction of sp³-hybridized carbons (Fsp3) is 0.217. The predicted octanol–water partition coefficient (Wildman–Crippen LogP) is 3.49. The molecule has 0 atom stereocenters. The molecule has 1 saturated heterocycles. The molecular formula is C23H22N2O3. The molecule has 4 rings (SSSR count). The zero-order valence-electron chi connectivity index (χ0n) is 15.6. The zero-order chi connectivity index (χ0) is 19.3. The van der Waals surface area contributed by atoms with E-state index in [2.05, 4.69) is 5.32 Å². The van der Waals surface area contributed by atoms with Crippen LogP contribution in [0.15, 0.2) is 66.7 Å². The Morgan fingerprint density at radius 3 is 2.46 bits per heavy atom. The fourth-order valence-electron chi connectivity index (χ4n) is 3.53. The van der Waals surface area contributed by atoms with Crippen molar-refractivity contribution in [1.82, 2.24) is 4.90 Å². The van der Waals surface area contributed by atoms with Gasteiger partial charge in [0, 0.05) is 13.1 Å². The molecule has 0 aliphatic carbocycles. The molecule has 142 valence electrons. The van der Waals surface area contributed by atoms with E-state index in [4.69, 9.17) is 4.74 Å². The lowest BCUT2D eigenvalue weighted by Gasteiger charge is -2.27. The lowest BCUT2D eigenvalue weighted by Crippen LogP contribution is -2.41. The van der Waals surface area contributed by atoms with Crippen molar-refractivity contribution < 1.29 is 14.3 Å². The van der Waals surface area contributed by atoms with Crippen molar-refractivity contribution in [2.45, 2.75) is 6.42 Å². The Labute approximate surface area is 163 Å². The Kier molecular flexibility index (Phi) is 5.35. The van der Waals surface area contributed by atoms with E-state index in [9.17, 15) is 9.59 Å². The lowest BCUT2D eigenvalue weighted by molar-refractivity contribution is -0.115. The number of hydrogen-bond acceptors (Lipinski definition) is 3. The molecule has 1 heterocycles. The number of benzene rings is 3. The molecular weight excluding hydrogens is 352 g/mol. The van der Waals surface area contributed by atoms with Gasteiger partial charge in [0.05, 0.1) is 30.9 Å². The van der Waals surface area contributed by atoms with Crippen LogP contribution in [0.1, 0.15) is 15.9 Å². The van der Waals surface area contributed by atoms with Crippen LogP contribution in [0, 0.1) is 0 Å². The SMILES string of the molecule is O=C(Cc1cccc2ccccc12)Nc1ccccc1C(=O)N1CCOCC1. The molecule has 3 aromatic rings. The van der Waals surface area contributed by atoms with Crippen LogP contribution in [0.25, 0.3) is 10.8 Å². The average Bonchev–Trinajstić information content (AvgIpc) is 2.74. The van der Waals surface area contributed by atoms with Gasteiger partial charge in [-0.15, -0.1) is 0 Å². The standard InChI is InChI=1S/C23H22N2O3/c26-22(16-18-8-5-7-17-6-1-2-9-19(17)18)24-21-11-4-3-10-20(21)23(27)25-12-14-28-15-13-25/h1-11H,12-16H2,(H,24,26). The number of para-hydroxylation sites is 1. The monoisotopic (exact) mass is 374 g/mol. The number of amides is 2. The van der Waals surface area contributed by atoms with Crippen LogP contribution in [-0.4, -0.2) is 43.0 Å². The van der Waals surface area contributed by atoms with Gasteiger partial charge in [-0.05, 0) is 28.5 Å². The summed E-state index contributed by atoms with van der Waals surface area (Å²) in [5, 5.41) is 5.10. The number of nitrogens with zero attached hydrogens (tertiary/aromatic N) is 1. The minimum absolute atomic E-state index is 0.0793. The Morgan fingerprint density at radius 1 is 0.893 bits per heavy atom. The van der Waals surface area contributed by atoms with Gasteiger partial charge in [0.2, 0.25) is 5.91 Å². The largest absolute Gasteiger partial charge is 0.378 e. The summed E-state index contributed by atoms with van der Waals surface area (Å²) >= 11 is 0. The van der Waals surface area contributed by atoms with Crippen LogP contribution in [-0.2, 0) is 16.0 Å². The third-order valence-corrected chi connectivity index (χ3v) is 4.96. The third-order valence-electron chi connectivity index (χ3n) is 4.96. The highest BCUT2D eigenvalue weighted by atomic mass is 16.5. The number of ether oxygens (including phenoxy) is 1. The fourth-order valence-corrected chi connectivity index (χ4v) is 3.53. The lowest BCUT2D eigenvalue weighted by atomic mass is 10.0. The minimum Gasteiger partial charge on any atom is -0.378 e. The molecule has 0 aromatic heterocycles. The van der Waals surface area contributed by atoms with Crippen LogP contribution in [0.5, 0.6) is 0 Å². The van der Waals surface area contributed by atoms with Crippen molar-refractivity contribution in [1.29, 1.82) is 0 Å². The summed E-state index contributed by atoms with van der Waals surface area (Å²) in [6.45, 7) is 2.22. The van der Waals surface area contributed by atoms with Gasteiger partial charge in [0.15, 0.2) is 0 Å². The number of nitrogens with one attached hydrogen (secondary N) is 1. The second kappa shape index (κ2) is 8.23. The maximum absolute atomic E-state index is 12.9. The van der Waals surface area contributed by atoms with Crippen LogP contribution in [0.3, 0.4) is 0 Å². The maximum Gasteiger partial charge on any atom is 0.256 e. The van der Waals surface area contributed by atoms with Gasteiger partial charge in [0.1, 0.15) is 0 Å². The Morgan fingerprint density at radius 2 is 1.61 bits per heavy atom. The van der Waals surface area contributed by atoms with Gasteiger partial charge in [-0.1, -0.05) is 54.6 Å². The molecule has 2 amide bonds. The van der Waals surface area contributed by atoms with Gasteiger partial charge in [-0.3, -0.25) is 9.59 Å². The predicted molar refractivity (Wildman–Crippen MR) is 109 cm³/mol. The van der Waals surface area contributed by atoms with E-state index in [0.717, 1.165) is 16.3 Å². The Hall–Kier alpha value is -3.18. The number of anilines is 1. The van der Waals surface area contributed by atoms with Crippen LogP contribution >= 0.6 is 0 Å². The van der Waals surface area contributed by atoms with Crippen LogP contribution in [0.2, 0.25) is 0 Å². The molecule has 0 radical (unpaired) electrons. The molecule has 1 aliphatic rings. The van der Waals surface area contributed by atoms with E-state index >= 15 is 0 Å². The first-order valence-electron chi connectivity index (χ1n) is 9.45. The molecule has 0 spiro atoms. The summed E-state index contributed by atoms with van der Waals surface area (Å²) in [6.07, 6.45) is 0.251. The Bertz CT molecular complexity index is 1000. The number of carbonyl (C=O) groups excluding carboxylic acids is 2. The normalized spacial score (nSPS) is 14.1. The minimum atomic E-state index is -0.140. The number of fused-ring (bicyclic) bond motifs is 1. The molecule has 28 heavy (non-hydrogen) atoms. The smallest absolute Gasteiger partial charge is 0.256 e. The van der Waals surface area contributed by atoms with Crippen molar-refractivity contribution in [3.05, 3.63) is 77.9 Å². The summed E-state index contributed by atoms with van der Waals surface area (Å²) in [6, 6.07) is 21.1. The number of carbonyl (C=O) groups is 2. The van der Waals surface area contributed by atoms with Crippen molar-refractivity contribution >= 4 is 28.3 Å². The summed E-state index contributed by atoms with van der Waals surface area (Å²) in [5.41, 5.74) is 2.02. The number of rotatable bonds is 4. The third kappa shape index (κ3) is 3.89. The summed E-state index contributed by atoms with van der Waals surface area (Å²) in [5.74, 6) is -0.219. The van der Waals surface area contributed by atoms with E-state index in [1.165, 1.54) is 0 Å². The summed E-state index contributed by atoms with van der Waals surface area (Å²) < 4.78 is 5.32. The van der Waals surface area contributed by atoms with Crippen LogP contribution < -0.4 is 5.32 Å². The van der Waals surface area contributed by atoms with E-state index in [1.54, 1.807) is 17.0 Å². The molecule has 1 aliphatic heterocycles. The molecule has 0 unspecified atom stereocenters. The van der Waals surface area contributed by atoms with Gasteiger partial charge >= 0.3 is 0 Å². The second-order valence-electron chi connectivity index (χ2n) is 6.81. The molecule has 5 nitrogen and oxygen atoms in total. The molecule has 5 heteroatoms. The highest BCUT2D eigenvalue weighted by Crippen LogP contribution is 2.21. The van der Waals surface area contributed by atoms with E-state index in [1.807, 2.05) is 54.6 Å². The van der Waals surface area contributed by atoms with Crippen molar-refractivity contribution in [2.75, 3.05) is 31.6 Å². The first-order chi connectivity index (χ1) is 13.7.